The van der Waals surface area contributed by atoms with Gasteiger partial charge in [-0.3, -0.25) is 5.41 Å². The average Bonchev–Trinajstić information content (AvgIpc) is 2.07. The van der Waals surface area contributed by atoms with Crippen molar-refractivity contribution in [3.05, 3.63) is 5.92 Å². The van der Waals surface area contributed by atoms with Gasteiger partial charge in [-0.2, -0.15) is 0 Å². The third-order valence-corrected chi connectivity index (χ3v) is 2.56. The maximum absolute atomic E-state index is 7.41. The fourth-order valence-corrected chi connectivity index (χ4v) is 1.87. The fraction of sp³-hybridized carbons (Fsp3) is 0.778. The van der Waals surface area contributed by atoms with Crippen LogP contribution in [0.2, 0.25) is 0 Å². The summed E-state index contributed by atoms with van der Waals surface area (Å²) in [4.78, 5) is 0. The predicted octanol–water partition coefficient (Wildman–Crippen LogP) is 0.906. The summed E-state index contributed by atoms with van der Waals surface area (Å²) in [6, 6.07) is 0. The summed E-state index contributed by atoms with van der Waals surface area (Å²) in [6.45, 7) is 4.22. The number of rotatable bonds is 3. The van der Waals surface area contributed by atoms with Gasteiger partial charge in [-0.1, -0.05) is 6.92 Å². The minimum absolute atomic E-state index is 0.296. The Kier molecular flexibility index (Phi) is 3.53. The molecular formula is C9H18N3. The van der Waals surface area contributed by atoms with Gasteiger partial charge in [0, 0.05) is 5.92 Å². The molecule has 0 aromatic heterocycles. The normalized spacial score (nSPS) is 19.8. The van der Waals surface area contributed by atoms with Crippen LogP contribution in [0.5, 0.6) is 0 Å². The molecule has 1 radical (unpaired) electrons. The molecule has 1 heterocycles. The van der Waals surface area contributed by atoms with E-state index < -0.39 is 0 Å². The third kappa shape index (κ3) is 2.21. The third-order valence-electron chi connectivity index (χ3n) is 2.56. The largest absolute Gasteiger partial charge is 0.387 e. The summed E-state index contributed by atoms with van der Waals surface area (Å²) in [6.07, 6.45) is 3.21. The summed E-state index contributed by atoms with van der Waals surface area (Å²) in [7, 11) is 0. The molecule has 1 aliphatic heterocycles. The van der Waals surface area contributed by atoms with Gasteiger partial charge in [-0.05, 0) is 38.3 Å². The Labute approximate surface area is 74.2 Å². The van der Waals surface area contributed by atoms with E-state index in [1.165, 1.54) is 0 Å². The van der Waals surface area contributed by atoms with Crippen molar-refractivity contribution in [3.63, 3.8) is 0 Å². The molecule has 0 spiro atoms. The zero-order valence-electron chi connectivity index (χ0n) is 7.69. The van der Waals surface area contributed by atoms with E-state index in [1.54, 1.807) is 0 Å². The van der Waals surface area contributed by atoms with Gasteiger partial charge in [0.2, 0.25) is 0 Å². The van der Waals surface area contributed by atoms with E-state index in [0.29, 0.717) is 11.8 Å². The Balaban J connectivity index is 2.46. The lowest BCUT2D eigenvalue weighted by Crippen LogP contribution is -2.35. The molecule has 3 nitrogen and oxygen atoms in total. The van der Waals surface area contributed by atoms with E-state index in [4.69, 9.17) is 11.1 Å². The second-order valence-corrected chi connectivity index (χ2v) is 3.32. The van der Waals surface area contributed by atoms with E-state index in [-0.39, 0.29) is 0 Å². The molecule has 1 aliphatic rings. The first kappa shape index (κ1) is 9.52. The second kappa shape index (κ2) is 4.45. The monoisotopic (exact) mass is 168 g/mol. The molecule has 0 saturated carbocycles. The number of piperidine rings is 1. The van der Waals surface area contributed by atoms with Crippen LogP contribution in [-0.2, 0) is 0 Å². The average molecular weight is 168 g/mol. The molecule has 3 heteroatoms. The van der Waals surface area contributed by atoms with Crippen LogP contribution in [0.4, 0.5) is 0 Å². The summed E-state index contributed by atoms with van der Waals surface area (Å²) in [5.74, 6) is 2.01. The highest BCUT2D eigenvalue weighted by Gasteiger charge is 2.24. The molecule has 1 rings (SSSR count). The lowest BCUT2D eigenvalue weighted by molar-refractivity contribution is 0.393. The summed E-state index contributed by atoms with van der Waals surface area (Å²) in [5, 5.41) is 10.7. The number of nitrogens with one attached hydrogen (secondary N) is 2. The van der Waals surface area contributed by atoms with Crippen LogP contribution in [0.1, 0.15) is 26.2 Å². The highest BCUT2D eigenvalue weighted by Crippen LogP contribution is 2.25. The maximum Gasteiger partial charge on any atom is 0.0981 e. The lowest BCUT2D eigenvalue weighted by atomic mass is 9.82. The SMILES string of the molecule is CC[C](C(=N)N)C1CCNCC1. The fourth-order valence-electron chi connectivity index (χ4n) is 1.87. The van der Waals surface area contributed by atoms with Gasteiger partial charge in [0.1, 0.15) is 0 Å². The van der Waals surface area contributed by atoms with E-state index in [0.717, 1.165) is 38.3 Å². The first-order valence-corrected chi connectivity index (χ1v) is 4.66. The van der Waals surface area contributed by atoms with Crippen molar-refractivity contribution in [1.29, 1.82) is 5.41 Å². The van der Waals surface area contributed by atoms with E-state index in [1.807, 2.05) is 0 Å². The number of nitrogens with two attached hydrogens (primary N) is 1. The molecule has 0 aromatic rings. The molecule has 0 unspecified atom stereocenters. The van der Waals surface area contributed by atoms with Gasteiger partial charge in [0.05, 0.1) is 5.84 Å². The minimum Gasteiger partial charge on any atom is -0.387 e. The lowest BCUT2D eigenvalue weighted by Gasteiger charge is -2.28. The van der Waals surface area contributed by atoms with Crippen molar-refractivity contribution in [2.45, 2.75) is 26.2 Å². The predicted molar refractivity (Wildman–Crippen MR) is 51.0 cm³/mol. The number of hydrogen-bond acceptors (Lipinski definition) is 2. The second-order valence-electron chi connectivity index (χ2n) is 3.32. The smallest absolute Gasteiger partial charge is 0.0981 e. The van der Waals surface area contributed by atoms with E-state index in [2.05, 4.69) is 12.2 Å². The topological polar surface area (TPSA) is 61.9 Å². The molecule has 4 N–H and O–H groups in total. The van der Waals surface area contributed by atoms with Gasteiger partial charge < -0.3 is 11.1 Å². The quantitative estimate of drug-likeness (QED) is 0.433. The van der Waals surface area contributed by atoms with Crippen LogP contribution < -0.4 is 11.1 Å². The minimum atomic E-state index is 0.296. The van der Waals surface area contributed by atoms with Crippen LogP contribution in [-0.4, -0.2) is 18.9 Å². The molecule has 0 aliphatic carbocycles. The van der Waals surface area contributed by atoms with Gasteiger partial charge in [-0.25, -0.2) is 0 Å². The Morgan fingerprint density at radius 2 is 2.08 bits per heavy atom. The van der Waals surface area contributed by atoms with Gasteiger partial charge in [0.15, 0.2) is 0 Å². The van der Waals surface area contributed by atoms with Gasteiger partial charge in [-0.15, -0.1) is 0 Å². The zero-order valence-corrected chi connectivity index (χ0v) is 7.69. The molecular weight excluding hydrogens is 150 g/mol. The van der Waals surface area contributed by atoms with Crippen LogP contribution in [0.25, 0.3) is 0 Å². The Bertz CT molecular complexity index is 150. The highest BCUT2D eigenvalue weighted by molar-refractivity contribution is 5.91. The van der Waals surface area contributed by atoms with E-state index >= 15 is 0 Å². The van der Waals surface area contributed by atoms with Crippen molar-refractivity contribution in [3.8, 4) is 0 Å². The van der Waals surface area contributed by atoms with Crippen molar-refractivity contribution in [2.75, 3.05) is 13.1 Å². The Hall–Kier alpha value is -0.570. The number of hydrogen-bond donors (Lipinski definition) is 3. The molecule has 1 fully saturated rings. The van der Waals surface area contributed by atoms with Crippen LogP contribution >= 0.6 is 0 Å². The molecule has 1 saturated heterocycles. The molecule has 0 aromatic carbocycles. The van der Waals surface area contributed by atoms with Crippen molar-refractivity contribution < 1.29 is 0 Å². The Morgan fingerprint density at radius 1 is 1.50 bits per heavy atom. The van der Waals surface area contributed by atoms with Crippen LogP contribution in [0.15, 0.2) is 0 Å². The first-order chi connectivity index (χ1) is 5.75. The highest BCUT2D eigenvalue weighted by atomic mass is 14.9. The molecule has 0 bridgehead atoms. The standard InChI is InChI=1S/C9H18N3/c1-2-8(9(10)11)7-3-5-12-6-4-7/h7,12H,2-6H2,1H3,(H3,10,11). The van der Waals surface area contributed by atoms with Crippen LogP contribution in [0.3, 0.4) is 0 Å². The molecule has 0 amide bonds. The molecule has 0 atom stereocenters. The summed E-state index contributed by atoms with van der Waals surface area (Å²) in [5.41, 5.74) is 5.50. The van der Waals surface area contributed by atoms with Crippen molar-refractivity contribution >= 4 is 5.84 Å². The molecule has 69 valence electrons. The maximum atomic E-state index is 7.41. The Morgan fingerprint density at radius 3 is 2.50 bits per heavy atom. The zero-order chi connectivity index (χ0) is 8.97. The molecule has 12 heavy (non-hydrogen) atoms. The summed E-state index contributed by atoms with van der Waals surface area (Å²) >= 11 is 0. The van der Waals surface area contributed by atoms with Crippen molar-refractivity contribution in [2.24, 2.45) is 11.7 Å². The summed E-state index contributed by atoms with van der Waals surface area (Å²) < 4.78 is 0. The van der Waals surface area contributed by atoms with E-state index in [9.17, 15) is 0 Å². The van der Waals surface area contributed by atoms with Gasteiger partial charge >= 0.3 is 0 Å². The van der Waals surface area contributed by atoms with Crippen molar-refractivity contribution in [1.82, 2.24) is 5.32 Å². The van der Waals surface area contributed by atoms with Gasteiger partial charge in [0.25, 0.3) is 0 Å². The first-order valence-electron chi connectivity index (χ1n) is 4.66. The number of amidine groups is 1. The van der Waals surface area contributed by atoms with Crippen LogP contribution in [0, 0.1) is 17.2 Å².